The van der Waals surface area contributed by atoms with Crippen LogP contribution >= 0.6 is 12.2 Å². The zero-order chi connectivity index (χ0) is 18.7. The van der Waals surface area contributed by atoms with Gasteiger partial charge in [0.1, 0.15) is 0 Å². The Morgan fingerprint density at radius 2 is 1.84 bits per heavy atom. The first-order chi connectivity index (χ1) is 12.0. The number of benzene rings is 1. The molecule has 1 rings (SSSR count). The Bertz CT molecular complexity index is 634. The lowest BCUT2D eigenvalue weighted by molar-refractivity contribution is -0.144. The SMILES string of the molecule is CCCNC(=O)c1ccccc1NC(=S)NC(=O)CCC(=O)OCC. The van der Waals surface area contributed by atoms with Gasteiger partial charge >= 0.3 is 5.97 Å². The predicted octanol–water partition coefficient (Wildman–Crippen LogP) is 1.98. The zero-order valence-electron chi connectivity index (χ0n) is 14.4. The Hall–Kier alpha value is -2.48. The van der Waals surface area contributed by atoms with Crippen LogP contribution in [-0.4, -0.2) is 36.0 Å². The fourth-order valence-corrected chi connectivity index (χ4v) is 2.14. The monoisotopic (exact) mass is 365 g/mol. The molecule has 0 unspecified atom stereocenters. The molecule has 0 saturated heterocycles. The van der Waals surface area contributed by atoms with Gasteiger partial charge in [0, 0.05) is 13.0 Å². The van der Waals surface area contributed by atoms with E-state index in [9.17, 15) is 14.4 Å². The summed E-state index contributed by atoms with van der Waals surface area (Å²) in [7, 11) is 0. The molecule has 1 aromatic rings. The average molecular weight is 365 g/mol. The minimum Gasteiger partial charge on any atom is -0.466 e. The van der Waals surface area contributed by atoms with Crippen molar-refractivity contribution in [2.45, 2.75) is 33.1 Å². The van der Waals surface area contributed by atoms with Crippen LogP contribution in [0.3, 0.4) is 0 Å². The van der Waals surface area contributed by atoms with E-state index in [0.29, 0.717) is 17.8 Å². The molecule has 0 aliphatic carbocycles. The second kappa shape index (κ2) is 11.1. The largest absolute Gasteiger partial charge is 0.466 e. The minimum absolute atomic E-state index is 0.0156. The summed E-state index contributed by atoms with van der Waals surface area (Å²) in [5.74, 6) is -1.06. The molecule has 0 spiro atoms. The number of anilines is 1. The van der Waals surface area contributed by atoms with Crippen LogP contribution in [0.5, 0.6) is 0 Å². The summed E-state index contributed by atoms with van der Waals surface area (Å²) in [6.07, 6.45) is 0.786. The van der Waals surface area contributed by atoms with Crippen molar-refractivity contribution >= 4 is 40.8 Å². The molecule has 7 nitrogen and oxygen atoms in total. The minimum atomic E-state index is -0.436. The number of hydrogen-bond donors (Lipinski definition) is 3. The highest BCUT2D eigenvalue weighted by Gasteiger charge is 2.13. The molecule has 0 atom stereocenters. The van der Waals surface area contributed by atoms with Crippen LogP contribution in [0.2, 0.25) is 0 Å². The van der Waals surface area contributed by atoms with E-state index < -0.39 is 11.9 Å². The lowest BCUT2D eigenvalue weighted by atomic mass is 10.1. The van der Waals surface area contributed by atoms with Gasteiger partial charge in [0.05, 0.1) is 24.3 Å². The average Bonchev–Trinajstić information content (AvgIpc) is 2.58. The number of ether oxygens (including phenoxy) is 1. The summed E-state index contributed by atoms with van der Waals surface area (Å²) in [5, 5.41) is 8.16. The van der Waals surface area contributed by atoms with Gasteiger partial charge in [0.2, 0.25) is 5.91 Å². The van der Waals surface area contributed by atoms with Crippen molar-refractivity contribution < 1.29 is 19.1 Å². The predicted molar refractivity (Wildman–Crippen MR) is 99.3 cm³/mol. The van der Waals surface area contributed by atoms with Gasteiger partial charge in [-0.25, -0.2) is 0 Å². The third kappa shape index (κ3) is 7.75. The van der Waals surface area contributed by atoms with Crippen molar-refractivity contribution in [3.63, 3.8) is 0 Å². The van der Waals surface area contributed by atoms with Crippen molar-refractivity contribution in [1.29, 1.82) is 0 Å². The Kier molecular flexibility index (Phi) is 9.16. The van der Waals surface area contributed by atoms with Crippen LogP contribution in [0.4, 0.5) is 5.69 Å². The van der Waals surface area contributed by atoms with Crippen LogP contribution in [0, 0.1) is 0 Å². The number of hydrogen-bond acceptors (Lipinski definition) is 5. The van der Waals surface area contributed by atoms with Gasteiger partial charge in [-0.1, -0.05) is 19.1 Å². The summed E-state index contributed by atoms with van der Waals surface area (Å²) in [5.41, 5.74) is 0.922. The summed E-state index contributed by atoms with van der Waals surface area (Å²) in [6, 6.07) is 6.85. The number of carbonyl (C=O) groups excluding carboxylic acids is 3. The topological polar surface area (TPSA) is 96.5 Å². The van der Waals surface area contributed by atoms with Crippen molar-refractivity contribution in [1.82, 2.24) is 10.6 Å². The Balaban J connectivity index is 2.58. The molecular formula is C17H23N3O4S. The molecule has 0 aliphatic heterocycles. The van der Waals surface area contributed by atoms with E-state index in [1.807, 2.05) is 6.92 Å². The second-order valence-electron chi connectivity index (χ2n) is 5.11. The Morgan fingerprint density at radius 3 is 2.52 bits per heavy atom. The van der Waals surface area contributed by atoms with E-state index >= 15 is 0 Å². The molecule has 0 fully saturated rings. The highest BCUT2D eigenvalue weighted by atomic mass is 32.1. The maximum Gasteiger partial charge on any atom is 0.306 e. The number of rotatable bonds is 8. The molecule has 0 radical (unpaired) electrons. The number of nitrogens with one attached hydrogen (secondary N) is 3. The molecule has 0 aromatic heterocycles. The molecule has 25 heavy (non-hydrogen) atoms. The molecule has 0 aliphatic rings. The van der Waals surface area contributed by atoms with E-state index in [-0.39, 0.29) is 30.5 Å². The van der Waals surface area contributed by atoms with Gasteiger partial charge in [-0.3, -0.25) is 14.4 Å². The van der Waals surface area contributed by atoms with Crippen molar-refractivity contribution in [3.05, 3.63) is 29.8 Å². The molecule has 136 valence electrons. The second-order valence-corrected chi connectivity index (χ2v) is 5.52. The van der Waals surface area contributed by atoms with Crippen LogP contribution < -0.4 is 16.0 Å². The Morgan fingerprint density at radius 1 is 1.12 bits per heavy atom. The molecule has 0 bridgehead atoms. The molecular weight excluding hydrogens is 342 g/mol. The molecule has 0 heterocycles. The van der Waals surface area contributed by atoms with E-state index in [1.165, 1.54) is 0 Å². The van der Waals surface area contributed by atoms with Crippen LogP contribution in [0.1, 0.15) is 43.5 Å². The van der Waals surface area contributed by atoms with Gasteiger partial charge in [-0.2, -0.15) is 0 Å². The Labute approximate surface area is 152 Å². The first kappa shape index (κ1) is 20.6. The van der Waals surface area contributed by atoms with Crippen molar-refractivity contribution in [2.24, 2.45) is 0 Å². The van der Waals surface area contributed by atoms with Gasteiger partial charge in [0.15, 0.2) is 5.11 Å². The number of para-hydroxylation sites is 1. The van der Waals surface area contributed by atoms with Gasteiger partial charge in [0.25, 0.3) is 5.91 Å². The molecule has 1 aromatic carbocycles. The third-order valence-electron chi connectivity index (χ3n) is 3.07. The van der Waals surface area contributed by atoms with Gasteiger partial charge in [-0.05, 0) is 37.7 Å². The highest BCUT2D eigenvalue weighted by molar-refractivity contribution is 7.80. The smallest absolute Gasteiger partial charge is 0.306 e. The molecule has 0 saturated carbocycles. The van der Waals surface area contributed by atoms with E-state index in [0.717, 1.165) is 6.42 Å². The quantitative estimate of drug-likeness (QED) is 0.481. The number of amides is 2. The van der Waals surface area contributed by atoms with E-state index in [1.54, 1.807) is 31.2 Å². The van der Waals surface area contributed by atoms with E-state index in [4.69, 9.17) is 17.0 Å². The van der Waals surface area contributed by atoms with Gasteiger partial charge in [-0.15, -0.1) is 0 Å². The maximum absolute atomic E-state index is 12.1. The van der Waals surface area contributed by atoms with E-state index in [2.05, 4.69) is 16.0 Å². The first-order valence-corrected chi connectivity index (χ1v) is 8.52. The fourth-order valence-electron chi connectivity index (χ4n) is 1.92. The summed E-state index contributed by atoms with van der Waals surface area (Å²) in [4.78, 5) is 35.2. The fraction of sp³-hybridized carbons (Fsp3) is 0.412. The summed E-state index contributed by atoms with van der Waals surface area (Å²) in [6.45, 7) is 4.51. The van der Waals surface area contributed by atoms with Gasteiger partial charge < -0.3 is 20.7 Å². The summed E-state index contributed by atoms with van der Waals surface area (Å²) < 4.78 is 4.76. The lowest BCUT2D eigenvalue weighted by Crippen LogP contribution is -2.35. The zero-order valence-corrected chi connectivity index (χ0v) is 15.2. The molecule has 3 N–H and O–H groups in total. The molecule has 2 amide bonds. The number of carbonyl (C=O) groups is 3. The van der Waals surface area contributed by atoms with Crippen molar-refractivity contribution in [2.75, 3.05) is 18.5 Å². The maximum atomic E-state index is 12.1. The van der Waals surface area contributed by atoms with Crippen LogP contribution in [0.15, 0.2) is 24.3 Å². The number of thiocarbonyl (C=S) groups is 1. The lowest BCUT2D eigenvalue weighted by Gasteiger charge is -2.13. The standard InChI is InChI=1S/C17H23N3O4S/c1-3-11-18-16(23)12-7-5-6-8-13(12)19-17(25)20-14(21)9-10-15(22)24-4-2/h5-8H,3-4,9-11H2,1-2H3,(H,18,23)(H2,19,20,21,25). The first-order valence-electron chi connectivity index (χ1n) is 8.11. The third-order valence-corrected chi connectivity index (χ3v) is 3.27. The van der Waals surface area contributed by atoms with Crippen molar-refractivity contribution in [3.8, 4) is 0 Å². The number of esters is 1. The van der Waals surface area contributed by atoms with Crippen LogP contribution in [0.25, 0.3) is 0 Å². The highest BCUT2D eigenvalue weighted by Crippen LogP contribution is 2.14. The molecule has 8 heteroatoms. The normalized spacial score (nSPS) is 9.84. The van der Waals surface area contributed by atoms with Crippen LogP contribution in [-0.2, 0) is 14.3 Å². The summed E-state index contributed by atoms with van der Waals surface area (Å²) >= 11 is 5.09.